The SMILES string of the molecule is C=C(C)[C@H]1CC2=C(C1)[C@@H](NC)c1c(OC)cc(OC)cc1C2=O. The van der Waals surface area contributed by atoms with Gasteiger partial charge in [-0.2, -0.15) is 0 Å². The van der Waals surface area contributed by atoms with Crippen molar-refractivity contribution in [2.45, 2.75) is 25.8 Å². The minimum absolute atomic E-state index is 0.00269. The predicted molar refractivity (Wildman–Crippen MR) is 90.2 cm³/mol. The van der Waals surface area contributed by atoms with Gasteiger partial charge in [0.1, 0.15) is 11.5 Å². The lowest BCUT2D eigenvalue weighted by Gasteiger charge is -2.29. The molecule has 1 N–H and O–H groups in total. The average molecular weight is 313 g/mol. The molecule has 0 fully saturated rings. The first kappa shape index (κ1) is 15.8. The molecule has 4 nitrogen and oxygen atoms in total. The Morgan fingerprint density at radius 1 is 1.26 bits per heavy atom. The number of hydrogen-bond acceptors (Lipinski definition) is 4. The first-order valence-electron chi connectivity index (χ1n) is 7.87. The maximum absolute atomic E-state index is 13.0. The molecule has 0 amide bonds. The summed E-state index contributed by atoms with van der Waals surface area (Å²) in [5.41, 5.74) is 4.85. The zero-order valence-electron chi connectivity index (χ0n) is 14.2. The third kappa shape index (κ3) is 2.38. The van der Waals surface area contributed by atoms with Crippen molar-refractivity contribution in [3.63, 3.8) is 0 Å². The molecule has 1 aromatic rings. The number of carbonyl (C=O) groups excluding carboxylic acids is 1. The van der Waals surface area contributed by atoms with E-state index in [4.69, 9.17) is 9.47 Å². The number of benzene rings is 1. The first-order chi connectivity index (χ1) is 11.0. The molecular formula is C19H23NO3. The van der Waals surface area contributed by atoms with Crippen molar-refractivity contribution in [3.8, 4) is 11.5 Å². The van der Waals surface area contributed by atoms with E-state index in [1.165, 1.54) is 5.57 Å². The molecule has 3 rings (SSSR count). The van der Waals surface area contributed by atoms with Gasteiger partial charge in [-0.3, -0.25) is 4.79 Å². The minimum Gasteiger partial charge on any atom is -0.497 e. The van der Waals surface area contributed by atoms with Crippen molar-refractivity contribution in [3.05, 3.63) is 46.6 Å². The molecule has 0 saturated heterocycles. The number of ketones is 1. The van der Waals surface area contributed by atoms with Gasteiger partial charge in [0.15, 0.2) is 5.78 Å². The highest BCUT2D eigenvalue weighted by atomic mass is 16.5. The molecule has 0 unspecified atom stereocenters. The van der Waals surface area contributed by atoms with Crippen molar-refractivity contribution in [2.24, 2.45) is 5.92 Å². The van der Waals surface area contributed by atoms with Gasteiger partial charge in [0.05, 0.1) is 20.3 Å². The van der Waals surface area contributed by atoms with Gasteiger partial charge in [-0.25, -0.2) is 0 Å². The molecule has 4 heteroatoms. The number of nitrogens with one attached hydrogen (secondary N) is 1. The summed E-state index contributed by atoms with van der Waals surface area (Å²) in [6, 6.07) is 3.66. The van der Waals surface area contributed by atoms with Crippen molar-refractivity contribution < 1.29 is 14.3 Å². The zero-order valence-corrected chi connectivity index (χ0v) is 14.2. The molecular weight excluding hydrogens is 290 g/mol. The first-order valence-corrected chi connectivity index (χ1v) is 7.87. The third-order valence-electron chi connectivity index (χ3n) is 5.02. The number of Topliss-reactive ketones (excluding diaryl/α,β-unsaturated/α-hetero) is 1. The molecule has 2 aliphatic rings. The Balaban J connectivity index is 2.16. The highest BCUT2D eigenvalue weighted by Crippen LogP contribution is 2.49. The van der Waals surface area contributed by atoms with Crippen LogP contribution < -0.4 is 14.8 Å². The number of hydrogen-bond donors (Lipinski definition) is 1. The number of carbonyl (C=O) groups is 1. The monoisotopic (exact) mass is 313 g/mol. The second-order valence-electron chi connectivity index (χ2n) is 6.30. The van der Waals surface area contributed by atoms with E-state index in [1.54, 1.807) is 14.2 Å². The molecule has 0 aromatic heterocycles. The van der Waals surface area contributed by atoms with Crippen LogP contribution in [0.5, 0.6) is 11.5 Å². The van der Waals surface area contributed by atoms with E-state index in [0.717, 1.165) is 29.6 Å². The lowest BCUT2D eigenvalue weighted by Crippen LogP contribution is -2.27. The summed E-state index contributed by atoms with van der Waals surface area (Å²) in [7, 11) is 5.15. The van der Waals surface area contributed by atoms with Crippen LogP contribution in [0.1, 0.15) is 41.7 Å². The maximum Gasteiger partial charge on any atom is 0.189 e. The molecule has 23 heavy (non-hydrogen) atoms. The van der Waals surface area contributed by atoms with Gasteiger partial charge in [0.2, 0.25) is 0 Å². The van der Waals surface area contributed by atoms with Crippen LogP contribution in [0.4, 0.5) is 0 Å². The summed E-state index contributed by atoms with van der Waals surface area (Å²) in [6.45, 7) is 6.12. The van der Waals surface area contributed by atoms with Crippen LogP contribution in [0.15, 0.2) is 35.4 Å². The number of fused-ring (bicyclic) bond motifs is 1. The molecule has 0 heterocycles. The molecule has 122 valence electrons. The van der Waals surface area contributed by atoms with Gasteiger partial charge >= 0.3 is 0 Å². The van der Waals surface area contributed by atoms with E-state index >= 15 is 0 Å². The Morgan fingerprint density at radius 2 is 2.00 bits per heavy atom. The summed E-state index contributed by atoms with van der Waals surface area (Å²) in [6.07, 6.45) is 1.66. The Labute approximate surface area is 137 Å². The minimum atomic E-state index is 0.00269. The van der Waals surface area contributed by atoms with Crippen molar-refractivity contribution in [2.75, 3.05) is 21.3 Å². The van der Waals surface area contributed by atoms with E-state index in [0.29, 0.717) is 23.0 Å². The number of methoxy groups -OCH3 is 2. The predicted octanol–water partition coefficient (Wildman–Crippen LogP) is 3.44. The lowest BCUT2D eigenvalue weighted by molar-refractivity contribution is 0.102. The van der Waals surface area contributed by atoms with Gasteiger partial charge in [-0.15, -0.1) is 0 Å². The van der Waals surface area contributed by atoms with Crippen molar-refractivity contribution in [1.29, 1.82) is 0 Å². The van der Waals surface area contributed by atoms with Gasteiger partial charge < -0.3 is 14.8 Å². The number of ether oxygens (including phenoxy) is 2. The van der Waals surface area contributed by atoms with Gasteiger partial charge in [0.25, 0.3) is 0 Å². The lowest BCUT2D eigenvalue weighted by atomic mass is 9.82. The maximum atomic E-state index is 13.0. The van der Waals surface area contributed by atoms with Crippen LogP contribution in [0.2, 0.25) is 0 Å². The molecule has 0 spiro atoms. The van der Waals surface area contributed by atoms with E-state index < -0.39 is 0 Å². The molecule has 0 saturated carbocycles. The second-order valence-corrected chi connectivity index (χ2v) is 6.30. The van der Waals surface area contributed by atoms with Gasteiger partial charge in [-0.05, 0) is 44.4 Å². The molecule has 2 atom stereocenters. The van der Waals surface area contributed by atoms with E-state index in [9.17, 15) is 4.79 Å². The molecule has 1 aromatic carbocycles. The fourth-order valence-corrected chi connectivity index (χ4v) is 3.75. The van der Waals surface area contributed by atoms with Crippen molar-refractivity contribution >= 4 is 5.78 Å². The largest absolute Gasteiger partial charge is 0.497 e. The van der Waals surface area contributed by atoms with Gasteiger partial charge in [-0.1, -0.05) is 12.2 Å². The normalized spacial score (nSPS) is 22.7. The highest BCUT2D eigenvalue weighted by molar-refractivity contribution is 6.13. The van der Waals surface area contributed by atoms with Crippen LogP contribution in [-0.4, -0.2) is 27.1 Å². The topological polar surface area (TPSA) is 47.6 Å². The quantitative estimate of drug-likeness (QED) is 0.865. The zero-order chi connectivity index (χ0) is 16.7. The van der Waals surface area contributed by atoms with Crippen LogP contribution in [0.3, 0.4) is 0 Å². The Hall–Kier alpha value is -2.07. The molecule has 0 radical (unpaired) electrons. The number of rotatable bonds is 4. The standard InChI is InChI=1S/C19H23NO3/c1-10(2)11-6-13-14(7-11)19(21)15-8-12(22-4)9-16(23-5)17(15)18(13)20-3/h8-9,11,18,20H,1,6-7H2,2-5H3/t11-,18-/m1/s1. The summed E-state index contributed by atoms with van der Waals surface area (Å²) >= 11 is 0. The number of allylic oxidation sites excluding steroid dienone is 2. The fourth-order valence-electron chi connectivity index (χ4n) is 3.75. The summed E-state index contributed by atoms with van der Waals surface area (Å²) in [4.78, 5) is 13.0. The highest BCUT2D eigenvalue weighted by Gasteiger charge is 2.40. The van der Waals surface area contributed by atoms with E-state index in [2.05, 4.69) is 11.9 Å². The van der Waals surface area contributed by atoms with E-state index in [-0.39, 0.29) is 11.8 Å². The Kier molecular flexibility index (Phi) is 4.02. The summed E-state index contributed by atoms with van der Waals surface area (Å²) in [5, 5.41) is 3.36. The molecule has 0 bridgehead atoms. The van der Waals surface area contributed by atoms with E-state index in [1.807, 2.05) is 26.1 Å². The Bertz CT molecular complexity index is 718. The van der Waals surface area contributed by atoms with Crippen LogP contribution >= 0.6 is 0 Å². The smallest absolute Gasteiger partial charge is 0.189 e. The molecule has 0 aliphatic heterocycles. The average Bonchev–Trinajstić information content (AvgIpc) is 3.00. The van der Waals surface area contributed by atoms with Crippen LogP contribution in [0.25, 0.3) is 0 Å². The number of likely N-dealkylation sites (N-methyl/N-ethyl adjacent to an activating group) is 1. The summed E-state index contributed by atoms with van der Waals surface area (Å²) < 4.78 is 10.9. The fraction of sp³-hybridized carbons (Fsp3) is 0.421. The third-order valence-corrected chi connectivity index (χ3v) is 5.02. The Morgan fingerprint density at radius 3 is 2.57 bits per heavy atom. The summed E-state index contributed by atoms with van der Waals surface area (Å²) in [5.74, 6) is 1.78. The van der Waals surface area contributed by atoms with Gasteiger partial charge in [0, 0.05) is 22.8 Å². The van der Waals surface area contributed by atoms with Crippen LogP contribution in [-0.2, 0) is 0 Å². The molecule has 2 aliphatic carbocycles. The van der Waals surface area contributed by atoms with Crippen LogP contribution in [0, 0.1) is 5.92 Å². The second kappa shape index (κ2) is 5.85. The van der Waals surface area contributed by atoms with Crippen molar-refractivity contribution in [1.82, 2.24) is 5.32 Å².